The van der Waals surface area contributed by atoms with E-state index in [0.29, 0.717) is 26.2 Å². The topological polar surface area (TPSA) is 32.8 Å². The number of amides is 1. The Hall–Kier alpha value is -1.60. The fraction of sp³-hybridized carbons (Fsp3) is 0.588. The maximum atomic E-state index is 13.2. The SMILES string of the molecule is O=C(C1CN(Cc2ccc(F)cc2)CCO1)N1CCC(F)(F)CC1. The Morgan fingerprint density at radius 2 is 1.83 bits per heavy atom. The van der Waals surface area contributed by atoms with Crippen LogP contribution >= 0.6 is 0 Å². The Morgan fingerprint density at radius 1 is 1.17 bits per heavy atom. The van der Waals surface area contributed by atoms with Crippen LogP contribution in [0.4, 0.5) is 13.2 Å². The van der Waals surface area contributed by atoms with E-state index in [4.69, 9.17) is 4.74 Å². The molecule has 1 amide bonds. The van der Waals surface area contributed by atoms with Crippen LogP contribution < -0.4 is 0 Å². The zero-order valence-electron chi connectivity index (χ0n) is 13.4. The van der Waals surface area contributed by atoms with Gasteiger partial charge in [-0.25, -0.2) is 13.2 Å². The quantitative estimate of drug-likeness (QED) is 0.845. The van der Waals surface area contributed by atoms with Crippen LogP contribution in [0.2, 0.25) is 0 Å². The van der Waals surface area contributed by atoms with E-state index in [1.54, 1.807) is 12.1 Å². The third-order valence-electron chi connectivity index (χ3n) is 4.55. The molecule has 2 saturated heterocycles. The molecule has 0 aliphatic carbocycles. The lowest BCUT2D eigenvalue weighted by Crippen LogP contribution is -2.53. The summed E-state index contributed by atoms with van der Waals surface area (Å²) in [5.74, 6) is -3.16. The number of nitrogens with zero attached hydrogens (tertiary/aromatic N) is 2. The molecule has 3 rings (SSSR count). The Labute approximate surface area is 139 Å². The van der Waals surface area contributed by atoms with Gasteiger partial charge in [-0.3, -0.25) is 9.69 Å². The molecule has 1 unspecified atom stereocenters. The van der Waals surface area contributed by atoms with Gasteiger partial charge in [0, 0.05) is 45.6 Å². The minimum atomic E-state index is -2.67. The average molecular weight is 342 g/mol. The first-order valence-corrected chi connectivity index (χ1v) is 8.18. The summed E-state index contributed by atoms with van der Waals surface area (Å²) < 4.78 is 44.9. The van der Waals surface area contributed by atoms with E-state index in [0.717, 1.165) is 5.56 Å². The van der Waals surface area contributed by atoms with Crippen molar-refractivity contribution >= 4 is 5.91 Å². The largest absolute Gasteiger partial charge is 0.366 e. The van der Waals surface area contributed by atoms with Crippen LogP contribution in [0.3, 0.4) is 0 Å². The molecule has 2 aliphatic rings. The molecule has 24 heavy (non-hydrogen) atoms. The first-order chi connectivity index (χ1) is 11.4. The Morgan fingerprint density at radius 3 is 2.50 bits per heavy atom. The van der Waals surface area contributed by atoms with Gasteiger partial charge in [0.25, 0.3) is 11.8 Å². The normalized spacial score (nSPS) is 24.8. The van der Waals surface area contributed by atoms with Gasteiger partial charge >= 0.3 is 0 Å². The van der Waals surface area contributed by atoms with E-state index in [1.807, 2.05) is 0 Å². The molecule has 2 heterocycles. The summed E-state index contributed by atoms with van der Waals surface area (Å²) in [7, 11) is 0. The van der Waals surface area contributed by atoms with Crippen LogP contribution in [0.5, 0.6) is 0 Å². The number of morpholine rings is 1. The number of hydrogen-bond acceptors (Lipinski definition) is 3. The molecule has 7 heteroatoms. The Kier molecular flexibility index (Phi) is 5.10. The number of likely N-dealkylation sites (tertiary alicyclic amines) is 1. The first kappa shape index (κ1) is 17.2. The third-order valence-corrected chi connectivity index (χ3v) is 4.55. The Balaban J connectivity index is 1.55. The highest BCUT2D eigenvalue weighted by Gasteiger charge is 2.38. The van der Waals surface area contributed by atoms with E-state index >= 15 is 0 Å². The maximum Gasteiger partial charge on any atom is 0.253 e. The zero-order chi connectivity index (χ0) is 17.2. The summed E-state index contributed by atoms with van der Waals surface area (Å²) >= 11 is 0. The van der Waals surface area contributed by atoms with Crippen molar-refractivity contribution in [3.05, 3.63) is 35.6 Å². The summed E-state index contributed by atoms with van der Waals surface area (Å²) in [5.41, 5.74) is 0.960. The molecule has 132 valence electrons. The van der Waals surface area contributed by atoms with Crippen LogP contribution in [0.25, 0.3) is 0 Å². The van der Waals surface area contributed by atoms with Gasteiger partial charge in [-0.05, 0) is 17.7 Å². The van der Waals surface area contributed by atoms with Gasteiger partial charge in [0.2, 0.25) is 0 Å². The summed E-state index contributed by atoms with van der Waals surface area (Å²) in [4.78, 5) is 16.0. The maximum absolute atomic E-state index is 13.2. The number of ether oxygens (including phenoxy) is 1. The predicted molar refractivity (Wildman–Crippen MR) is 82.2 cm³/mol. The molecule has 2 fully saturated rings. The summed E-state index contributed by atoms with van der Waals surface area (Å²) in [6.07, 6.45) is -1.19. The van der Waals surface area contributed by atoms with Crippen molar-refractivity contribution in [3.8, 4) is 0 Å². The highest BCUT2D eigenvalue weighted by Crippen LogP contribution is 2.28. The number of piperidine rings is 1. The monoisotopic (exact) mass is 342 g/mol. The van der Waals surface area contributed by atoms with Gasteiger partial charge in [0.15, 0.2) is 0 Å². The fourth-order valence-electron chi connectivity index (χ4n) is 3.10. The van der Waals surface area contributed by atoms with Gasteiger partial charge in [0.05, 0.1) is 6.61 Å². The number of halogens is 3. The van der Waals surface area contributed by atoms with E-state index in [1.165, 1.54) is 17.0 Å². The summed E-state index contributed by atoms with van der Waals surface area (Å²) in [5, 5.41) is 0. The van der Waals surface area contributed by atoms with Crippen molar-refractivity contribution in [1.29, 1.82) is 0 Å². The van der Waals surface area contributed by atoms with Crippen LogP contribution in [0.15, 0.2) is 24.3 Å². The molecule has 0 radical (unpaired) electrons. The van der Waals surface area contributed by atoms with Crippen molar-refractivity contribution in [2.24, 2.45) is 0 Å². The second-order valence-electron chi connectivity index (χ2n) is 6.40. The van der Waals surface area contributed by atoms with Gasteiger partial charge in [-0.2, -0.15) is 0 Å². The Bertz CT molecular complexity index is 570. The van der Waals surface area contributed by atoms with Gasteiger partial charge in [-0.15, -0.1) is 0 Å². The van der Waals surface area contributed by atoms with Crippen LogP contribution in [-0.4, -0.2) is 60.5 Å². The van der Waals surface area contributed by atoms with Crippen molar-refractivity contribution in [2.75, 3.05) is 32.8 Å². The zero-order valence-corrected chi connectivity index (χ0v) is 13.4. The summed E-state index contributed by atoms with van der Waals surface area (Å²) in [6.45, 7) is 2.27. The number of carbonyl (C=O) groups is 1. The molecule has 2 aliphatic heterocycles. The van der Waals surface area contributed by atoms with E-state index < -0.39 is 12.0 Å². The van der Waals surface area contributed by atoms with Crippen molar-refractivity contribution < 1.29 is 22.7 Å². The number of rotatable bonds is 3. The third kappa shape index (κ3) is 4.27. The van der Waals surface area contributed by atoms with E-state index in [9.17, 15) is 18.0 Å². The van der Waals surface area contributed by atoms with Gasteiger partial charge < -0.3 is 9.64 Å². The number of carbonyl (C=O) groups excluding carboxylic acids is 1. The lowest BCUT2D eigenvalue weighted by Gasteiger charge is -2.37. The van der Waals surface area contributed by atoms with Crippen molar-refractivity contribution in [1.82, 2.24) is 9.80 Å². The van der Waals surface area contributed by atoms with E-state index in [-0.39, 0.29) is 37.7 Å². The average Bonchev–Trinajstić information content (AvgIpc) is 2.57. The number of alkyl halides is 2. The second-order valence-corrected chi connectivity index (χ2v) is 6.40. The molecule has 0 aromatic heterocycles. The molecule has 4 nitrogen and oxygen atoms in total. The van der Waals surface area contributed by atoms with Crippen LogP contribution in [-0.2, 0) is 16.1 Å². The van der Waals surface area contributed by atoms with Crippen molar-refractivity contribution in [3.63, 3.8) is 0 Å². The molecule has 0 spiro atoms. The van der Waals surface area contributed by atoms with E-state index in [2.05, 4.69) is 4.90 Å². The lowest BCUT2D eigenvalue weighted by molar-refractivity contribution is -0.155. The lowest BCUT2D eigenvalue weighted by atomic mass is 10.1. The first-order valence-electron chi connectivity index (χ1n) is 8.18. The minimum Gasteiger partial charge on any atom is -0.366 e. The van der Waals surface area contributed by atoms with Crippen molar-refractivity contribution in [2.45, 2.75) is 31.4 Å². The summed E-state index contributed by atoms with van der Waals surface area (Å²) in [6, 6.07) is 6.25. The smallest absolute Gasteiger partial charge is 0.253 e. The molecular formula is C17H21F3N2O2. The molecule has 0 bridgehead atoms. The fourth-order valence-corrected chi connectivity index (χ4v) is 3.10. The second kappa shape index (κ2) is 7.11. The number of benzene rings is 1. The standard InChI is InChI=1S/C17H21F3N2O2/c18-14-3-1-13(2-4-14)11-21-9-10-24-15(12-21)16(23)22-7-5-17(19,20)6-8-22/h1-4,15H,5-12H2. The highest BCUT2D eigenvalue weighted by atomic mass is 19.3. The molecule has 1 atom stereocenters. The molecule has 0 N–H and O–H groups in total. The predicted octanol–water partition coefficient (Wildman–Crippen LogP) is 2.28. The highest BCUT2D eigenvalue weighted by molar-refractivity contribution is 5.81. The number of hydrogen-bond donors (Lipinski definition) is 0. The van der Waals surface area contributed by atoms with Gasteiger partial charge in [0.1, 0.15) is 11.9 Å². The minimum absolute atomic E-state index is 0.0731. The van der Waals surface area contributed by atoms with Crippen LogP contribution in [0.1, 0.15) is 18.4 Å². The van der Waals surface area contributed by atoms with Gasteiger partial charge in [-0.1, -0.05) is 12.1 Å². The molecule has 0 saturated carbocycles. The van der Waals surface area contributed by atoms with Crippen LogP contribution in [0, 0.1) is 5.82 Å². The molecule has 1 aromatic rings. The molecule has 1 aromatic carbocycles. The molecular weight excluding hydrogens is 321 g/mol.